The number of hydrogen-bond acceptors (Lipinski definition) is 4. The number of nitrogens with zero attached hydrogens (tertiary/aromatic N) is 4. The van der Waals surface area contributed by atoms with Gasteiger partial charge in [-0.25, -0.2) is 0 Å². The van der Waals surface area contributed by atoms with E-state index in [0.717, 1.165) is 35.9 Å². The number of likely N-dealkylation sites (tertiary alicyclic amines) is 4. The molecule has 0 saturated carbocycles. The molecular weight excluding hydrogens is 356 g/mol. The molecule has 0 aromatic carbocycles. The van der Waals surface area contributed by atoms with Gasteiger partial charge in [0.05, 0.1) is 0 Å². The maximum atomic E-state index is 3.03. The van der Waals surface area contributed by atoms with Crippen LogP contribution in [0.5, 0.6) is 0 Å². The zero-order valence-electron chi connectivity index (χ0n) is 19.9. The van der Waals surface area contributed by atoms with Gasteiger partial charge in [0.1, 0.15) is 0 Å². The van der Waals surface area contributed by atoms with E-state index in [4.69, 9.17) is 0 Å². The van der Waals surface area contributed by atoms with Gasteiger partial charge in [-0.15, -0.1) is 0 Å². The summed E-state index contributed by atoms with van der Waals surface area (Å²) in [4.78, 5) is 11.1. The molecule has 0 spiro atoms. The van der Waals surface area contributed by atoms with Gasteiger partial charge < -0.3 is 9.80 Å². The Labute approximate surface area is 181 Å². The maximum absolute atomic E-state index is 3.03. The first kappa shape index (κ1) is 22.0. The van der Waals surface area contributed by atoms with Crippen molar-refractivity contribution in [1.29, 1.82) is 0 Å². The number of rotatable bonds is 4. The molecule has 4 atom stereocenters. The second-order valence-electron chi connectivity index (χ2n) is 11.4. The fourth-order valence-electron chi connectivity index (χ4n) is 6.79. The lowest BCUT2D eigenvalue weighted by Gasteiger charge is -2.53. The first-order valence-corrected chi connectivity index (χ1v) is 12.9. The molecule has 0 bridgehead atoms. The largest absolute Gasteiger partial charge is 0.306 e. The van der Waals surface area contributed by atoms with Crippen LogP contribution in [0.3, 0.4) is 0 Å². The van der Waals surface area contributed by atoms with Gasteiger partial charge in [-0.2, -0.15) is 0 Å². The van der Waals surface area contributed by atoms with Crippen LogP contribution in [0, 0.1) is 17.8 Å². The van der Waals surface area contributed by atoms with E-state index in [2.05, 4.69) is 47.5 Å². The predicted octanol–water partition coefficient (Wildman–Crippen LogP) is 3.62. The third-order valence-electron chi connectivity index (χ3n) is 8.90. The third kappa shape index (κ3) is 5.56. The van der Waals surface area contributed by atoms with E-state index in [1.54, 1.807) is 0 Å². The van der Waals surface area contributed by atoms with Crippen LogP contribution in [0.4, 0.5) is 0 Å². The standard InChI is InChI=1S/C25H48N4/c1-20-5-15-28(19-22-7-11-26(3)12-8-22)24(17-20)25-18-21(2)6-16-29(25)23-9-13-27(4)14-10-23/h20-25H,5-19H2,1-4H3/t20-,21+,24?,25?/m1/s1. The minimum Gasteiger partial charge on any atom is -0.306 e. The number of hydrogen-bond donors (Lipinski definition) is 0. The monoisotopic (exact) mass is 404 g/mol. The molecule has 0 aliphatic carbocycles. The molecule has 4 heteroatoms. The average Bonchev–Trinajstić information content (AvgIpc) is 2.72. The molecule has 4 aliphatic heterocycles. The second kappa shape index (κ2) is 9.97. The van der Waals surface area contributed by atoms with Crippen molar-refractivity contribution >= 4 is 0 Å². The van der Waals surface area contributed by atoms with Crippen LogP contribution >= 0.6 is 0 Å². The lowest BCUT2D eigenvalue weighted by Crippen LogP contribution is -2.61. The van der Waals surface area contributed by atoms with E-state index in [1.165, 1.54) is 97.2 Å². The van der Waals surface area contributed by atoms with Crippen molar-refractivity contribution in [1.82, 2.24) is 19.6 Å². The SMILES string of the molecule is C[C@@H]1CCN(CC2CCN(C)CC2)C(C2C[C@@H](C)CCN2C2CCN(C)CC2)C1. The van der Waals surface area contributed by atoms with Crippen molar-refractivity contribution in [3.8, 4) is 0 Å². The summed E-state index contributed by atoms with van der Waals surface area (Å²) in [7, 11) is 4.60. The Morgan fingerprint density at radius 1 is 0.621 bits per heavy atom. The summed E-state index contributed by atoms with van der Waals surface area (Å²) in [6.07, 6.45) is 11.3. The first-order chi connectivity index (χ1) is 14.0. The summed E-state index contributed by atoms with van der Waals surface area (Å²) in [5, 5.41) is 0. The van der Waals surface area contributed by atoms with Crippen molar-refractivity contribution < 1.29 is 0 Å². The van der Waals surface area contributed by atoms with Crippen LogP contribution in [0.25, 0.3) is 0 Å². The Hall–Kier alpha value is -0.160. The van der Waals surface area contributed by atoms with Gasteiger partial charge in [0.15, 0.2) is 0 Å². The highest BCUT2D eigenvalue weighted by atomic mass is 15.3. The quantitative estimate of drug-likeness (QED) is 0.709. The predicted molar refractivity (Wildman–Crippen MR) is 123 cm³/mol. The van der Waals surface area contributed by atoms with E-state index in [9.17, 15) is 0 Å². The van der Waals surface area contributed by atoms with E-state index in [0.29, 0.717) is 0 Å². The number of piperidine rings is 4. The lowest BCUT2D eigenvalue weighted by atomic mass is 9.79. The Bertz CT molecular complexity index is 495. The molecular formula is C25H48N4. The Morgan fingerprint density at radius 3 is 1.83 bits per heavy atom. The first-order valence-electron chi connectivity index (χ1n) is 12.9. The zero-order valence-corrected chi connectivity index (χ0v) is 19.9. The van der Waals surface area contributed by atoms with Crippen LogP contribution in [-0.4, -0.2) is 97.6 Å². The van der Waals surface area contributed by atoms with Gasteiger partial charge in [0.25, 0.3) is 0 Å². The van der Waals surface area contributed by atoms with Gasteiger partial charge in [0, 0.05) is 24.7 Å². The smallest absolute Gasteiger partial charge is 0.0257 e. The molecule has 0 aromatic heterocycles. The molecule has 29 heavy (non-hydrogen) atoms. The van der Waals surface area contributed by atoms with Gasteiger partial charge in [-0.1, -0.05) is 13.8 Å². The van der Waals surface area contributed by atoms with E-state index >= 15 is 0 Å². The molecule has 0 N–H and O–H groups in total. The lowest BCUT2D eigenvalue weighted by molar-refractivity contribution is -0.0335. The Balaban J connectivity index is 1.46. The van der Waals surface area contributed by atoms with E-state index in [1.807, 2.05) is 0 Å². The molecule has 168 valence electrons. The van der Waals surface area contributed by atoms with Crippen LogP contribution < -0.4 is 0 Å². The van der Waals surface area contributed by atoms with Crippen LogP contribution in [-0.2, 0) is 0 Å². The molecule has 4 saturated heterocycles. The molecule has 4 heterocycles. The second-order valence-corrected chi connectivity index (χ2v) is 11.4. The van der Waals surface area contributed by atoms with Gasteiger partial charge in [0.2, 0.25) is 0 Å². The van der Waals surface area contributed by atoms with Crippen molar-refractivity contribution in [3.05, 3.63) is 0 Å². The van der Waals surface area contributed by atoms with Crippen molar-refractivity contribution in [2.45, 2.75) is 83.3 Å². The van der Waals surface area contributed by atoms with Crippen molar-refractivity contribution in [3.63, 3.8) is 0 Å². The summed E-state index contributed by atoms with van der Waals surface area (Å²) in [6, 6.07) is 2.45. The van der Waals surface area contributed by atoms with Crippen molar-refractivity contribution in [2.24, 2.45) is 17.8 Å². The molecule has 2 unspecified atom stereocenters. The van der Waals surface area contributed by atoms with Crippen LogP contribution in [0.1, 0.15) is 65.2 Å². The molecule has 0 amide bonds. The minimum atomic E-state index is 0.806. The fourth-order valence-corrected chi connectivity index (χ4v) is 6.79. The molecule has 4 aliphatic rings. The summed E-state index contributed by atoms with van der Waals surface area (Å²) in [5.74, 6) is 2.75. The fraction of sp³-hybridized carbons (Fsp3) is 1.00. The summed E-state index contributed by atoms with van der Waals surface area (Å²) < 4.78 is 0. The Morgan fingerprint density at radius 2 is 1.17 bits per heavy atom. The summed E-state index contributed by atoms with van der Waals surface area (Å²) in [5.41, 5.74) is 0. The molecule has 0 radical (unpaired) electrons. The van der Waals surface area contributed by atoms with Gasteiger partial charge >= 0.3 is 0 Å². The Kier molecular flexibility index (Phi) is 7.58. The zero-order chi connectivity index (χ0) is 20.4. The van der Waals surface area contributed by atoms with Crippen molar-refractivity contribution in [2.75, 3.05) is 59.9 Å². The average molecular weight is 405 g/mol. The van der Waals surface area contributed by atoms with Crippen LogP contribution in [0.2, 0.25) is 0 Å². The summed E-state index contributed by atoms with van der Waals surface area (Å²) in [6.45, 7) is 14.3. The topological polar surface area (TPSA) is 13.0 Å². The molecule has 4 fully saturated rings. The van der Waals surface area contributed by atoms with Gasteiger partial charge in [-0.3, -0.25) is 9.80 Å². The minimum absolute atomic E-state index is 0.806. The highest BCUT2D eigenvalue weighted by molar-refractivity contribution is 4.97. The highest BCUT2D eigenvalue weighted by Crippen LogP contribution is 2.36. The maximum Gasteiger partial charge on any atom is 0.0257 e. The van der Waals surface area contributed by atoms with E-state index in [-0.39, 0.29) is 0 Å². The third-order valence-corrected chi connectivity index (χ3v) is 8.90. The molecule has 0 aromatic rings. The highest BCUT2D eigenvalue weighted by Gasteiger charge is 2.41. The molecule has 4 rings (SSSR count). The van der Waals surface area contributed by atoms with Crippen LogP contribution in [0.15, 0.2) is 0 Å². The molecule has 4 nitrogen and oxygen atoms in total. The normalized spacial score (nSPS) is 38.5. The summed E-state index contributed by atoms with van der Waals surface area (Å²) >= 11 is 0. The van der Waals surface area contributed by atoms with Gasteiger partial charge in [-0.05, 0) is 122 Å². The van der Waals surface area contributed by atoms with E-state index < -0.39 is 0 Å².